The summed E-state index contributed by atoms with van der Waals surface area (Å²) in [6.45, 7) is 5.98. The van der Waals surface area contributed by atoms with Crippen LogP contribution in [0, 0.1) is 0 Å². The predicted molar refractivity (Wildman–Crippen MR) is 95.9 cm³/mol. The van der Waals surface area contributed by atoms with Gasteiger partial charge in [-0.15, -0.1) is 0 Å². The normalized spacial score (nSPS) is 16.7. The highest BCUT2D eigenvalue weighted by Crippen LogP contribution is 2.33. The molecule has 1 aliphatic heterocycles. The monoisotopic (exact) mass is 329 g/mol. The van der Waals surface area contributed by atoms with E-state index in [0.717, 1.165) is 24.0 Å². The molecule has 5 heteroatoms. The minimum absolute atomic E-state index is 0.0744. The van der Waals surface area contributed by atoms with Crippen LogP contribution in [0.3, 0.4) is 0 Å². The first-order chi connectivity index (χ1) is 11.5. The van der Waals surface area contributed by atoms with E-state index in [9.17, 15) is 9.59 Å². The molecule has 1 heterocycles. The standard InChI is InChI=1S/C19H27N3O2/c1-4-19(5-2,13-20)21-18(24)12-17-16-9-7-6-8-15(16)10-11-22(17)14(3)23/h6-11,17H,4-5,12-13,20H2,1-3H3,(H,21,24). The summed E-state index contributed by atoms with van der Waals surface area (Å²) >= 11 is 0. The Kier molecular flexibility index (Phi) is 5.78. The van der Waals surface area contributed by atoms with Crippen molar-refractivity contribution < 1.29 is 9.59 Å². The molecule has 0 fully saturated rings. The van der Waals surface area contributed by atoms with Crippen molar-refractivity contribution in [2.75, 3.05) is 6.54 Å². The van der Waals surface area contributed by atoms with Gasteiger partial charge in [0.2, 0.25) is 11.8 Å². The molecular formula is C19H27N3O2. The third kappa shape index (κ3) is 3.67. The van der Waals surface area contributed by atoms with Gasteiger partial charge in [-0.25, -0.2) is 0 Å². The summed E-state index contributed by atoms with van der Waals surface area (Å²) in [5, 5.41) is 3.09. The van der Waals surface area contributed by atoms with Crippen LogP contribution in [0.2, 0.25) is 0 Å². The van der Waals surface area contributed by atoms with Gasteiger partial charge in [-0.1, -0.05) is 38.1 Å². The van der Waals surface area contributed by atoms with Crippen LogP contribution in [-0.4, -0.2) is 28.8 Å². The summed E-state index contributed by atoms with van der Waals surface area (Å²) in [6.07, 6.45) is 5.46. The van der Waals surface area contributed by atoms with Crippen molar-refractivity contribution in [2.45, 2.75) is 51.6 Å². The first kappa shape index (κ1) is 18.2. The van der Waals surface area contributed by atoms with Crippen LogP contribution in [0.25, 0.3) is 6.08 Å². The van der Waals surface area contributed by atoms with Gasteiger partial charge in [-0.05, 0) is 30.0 Å². The highest BCUT2D eigenvalue weighted by Gasteiger charge is 2.31. The molecule has 130 valence electrons. The van der Waals surface area contributed by atoms with Crippen LogP contribution in [0.15, 0.2) is 30.5 Å². The van der Waals surface area contributed by atoms with Crippen molar-refractivity contribution >= 4 is 17.9 Å². The zero-order valence-corrected chi connectivity index (χ0v) is 14.7. The Hall–Kier alpha value is -2.14. The number of benzene rings is 1. The maximum absolute atomic E-state index is 12.7. The highest BCUT2D eigenvalue weighted by molar-refractivity contribution is 5.82. The fourth-order valence-electron chi connectivity index (χ4n) is 3.20. The Morgan fingerprint density at radius 1 is 1.25 bits per heavy atom. The van der Waals surface area contributed by atoms with Crippen LogP contribution in [0.4, 0.5) is 0 Å². The number of hydrogen-bond acceptors (Lipinski definition) is 3. The van der Waals surface area contributed by atoms with Crippen LogP contribution in [0.1, 0.15) is 57.2 Å². The number of nitrogens with two attached hydrogens (primary N) is 1. The smallest absolute Gasteiger partial charge is 0.223 e. The van der Waals surface area contributed by atoms with Gasteiger partial charge >= 0.3 is 0 Å². The van der Waals surface area contributed by atoms with E-state index in [0.29, 0.717) is 6.54 Å². The lowest BCUT2D eigenvalue weighted by Gasteiger charge is -2.35. The topological polar surface area (TPSA) is 75.4 Å². The zero-order chi connectivity index (χ0) is 17.7. The second-order valence-electron chi connectivity index (χ2n) is 6.33. The number of nitrogens with zero attached hydrogens (tertiary/aromatic N) is 1. The SMILES string of the molecule is CCC(CC)(CN)NC(=O)CC1c2ccccc2C=CN1C(C)=O. The van der Waals surface area contributed by atoms with Crippen molar-refractivity contribution in [1.82, 2.24) is 10.2 Å². The van der Waals surface area contributed by atoms with E-state index in [4.69, 9.17) is 5.73 Å². The van der Waals surface area contributed by atoms with Gasteiger partial charge in [0, 0.05) is 19.7 Å². The number of hydrogen-bond donors (Lipinski definition) is 2. The molecule has 1 aromatic carbocycles. The Balaban J connectivity index is 2.23. The van der Waals surface area contributed by atoms with E-state index in [2.05, 4.69) is 5.32 Å². The van der Waals surface area contributed by atoms with Crippen molar-refractivity contribution in [3.8, 4) is 0 Å². The first-order valence-corrected chi connectivity index (χ1v) is 8.53. The van der Waals surface area contributed by atoms with Gasteiger partial charge in [-0.3, -0.25) is 9.59 Å². The van der Waals surface area contributed by atoms with Crippen molar-refractivity contribution in [1.29, 1.82) is 0 Å². The lowest BCUT2D eigenvalue weighted by molar-refractivity contribution is -0.130. The average Bonchev–Trinajstić information content (AvgIpc) is 2.59. The summed E-state index contributed by atoms with van der Waals surface area (Å²) in [5.41, 5.74) is 7.54. The average molecular weight is 329 g/mol. The summed E-state index contributed by atoms with van der Waals surface area (Å²) in [5.74, 6) is -0.153. The van der Waals surface area contributed by atoms with Crippen molar-refractivity contribution in [3.05, 3.63) is 41.6 Å². The largest absolute Gasteiger partial charge is 0.349 e. The molecule has 0 aliphatic carbocycles. The lowest BCUT2D eigenvalue weighted by Crippen LogP contribution is -2.53. The molecule has 0 bridgehead atoms. The Morgan fingerprint density at radius 3 is 2.50 bits per heavy atom. The second kappa shape index (κ2) is 7.62. The Bertz CT molecular complexity index is 627. The number of carbonyl (C=O) groups is 2. The van der Waals surface area contributed by atoms with Crippen LogP contribution in [0.5, 0.6) is 0 Å². The summed E-state index contributed by atoms with van der Waals surface area (Å²) < 4.78 is 0. The van der Waals surface area contributed by atoms with Gasteiger partial charge in [0.15, 0.2) is 0 Å². The molecule has 2 rings (SSSR count). The number of nitrogens with one attached hydrogen (secondary N) is 1. The molecule has 1 unspecified atom stereocenters. The molecule has 0 aromatic heterocycles. The molecule has 24 heavy (non-hydrogen) atoms. The van der Waals surface area contributed by atoms with Crippen LogP contribution < -0.4 is 11.1 Å². The van der Waals surface area contributed by atoms with Crippen molar-refractivity contribution in [2.24, 2.45) is 5.73 Å². The van der Waals surface area contributed by atoms with E-state index < -0.39 is 0 Å². The molecule has 0 saturated carbocycles. The van der Waals surface area contributed by atoms with E-state index in [1.807, 2.05) is 44.2 Å². The molecule has 0 spiro atoms. The molecule has 0 saturated heterocycles. The van der Waals surface area contributed by atoms with Gasteiger partial charge in [-0.2, -0.15) is 0 Å². The lowest BCUT2D eigenvalue weighted by atomic mass is 9.90. The third-order valence-corrected chi connectivity index (χ3v) is 5.00. The molecule has 5 nitrogen and oxygen atoms in total. The zero-order valence-electron chi connectivity index (χ0n) is 14.7. The second-order valence-corrected chi connectivity index (χ2v) is 6.33. The van der Waals surface area contributed by atoms with Gasteiger partial charge in [0.1, 0.15) is 0 Å². The number of carbonyl (C=O) groups excluding carboxylic acids is 2. The van der Waals surface area contributed by atoms with Gasteiger partial charge in [0.05, 0.1) is 18.0 Å². The molecule has 2 amide bonds. The van der Waals surface area contributed by atoms with Crippen LogP contribution >= 0.6 is 0 Å². The number of amides is 2. The first-order valence-electron chi connectivity index (χ1n) is 8.53. The van der Waals surface area contributed by atoms with E-state index in [1.54, 1.807) is 11.1 Å². The van der Waals surface area contributed by atoms with Gasteiger partial charge in [0.25, 0.3) is 0 Å². The highest BCUT2D eigenvalue weighted by atomic mass is 16.2. The fourth-order valence-corrected chi connectivity index (χ4v) is 3.20. The fraction of sp³-hybridized carbons (Fsp3) is 0.474. The predicted octanol–water partition coefficient (Wildman–Crippen LogP) is 2.58. The molecule has 1 aromatic rings. The minimum atomic E-state index is -0.373. The number of fused-ring (bicyclic) bond motifs is 1. The maximum Gasteiger partial charge on any atom is 0.223 e. The molecule has 1 aliphatic rings. The minimum Gasteiger partial charge on any atom is -0.349 e. The third-order valence-electron chi connectivity index (χ3n) is 5.00. The maximum atomic E-state index is 12.7. The Labute approximate surface area is 143 Å². The number of rotatable bonds is 6. The summed E-state index contributed by atoms with van der Waals surface area (Å²) in [7, 11) is 0. The summed E-state index contributed by atoms with van der Waals surface area (Å²) in [6, 6.07) is 7.58. The van der Waals surface area contributed by atoms with Gasteiger partial charge < -0.3 is 16.0 Å². The molecule has 0 radical (unpaired) electrons. The van der Waals surface area contributed by atoms with Crippen molar-refractivity contribution in [3.63, 3.8) is 0 Å². The quantitative estimate of drug-likeness (QED) is 0.842. The molecule has 1 atom stereocenters. The van der Waals surface area contributed by atoms with E-state index >= 15 is 0 Å². The molecule has 3 N–H and O–H groups in total. The van der Waals surface area contributed by atoms with Crippen LogP contribution in [-0.2, 0) is 9.59 Å². The summed E-state index contributed by atoms with van der Waals surface area (Å²) in [4.78, 5) is 26.3. The van der Waals surface area contributed by atoms with E-state index in [-0.39, 0.29) is 29.8 Å². The van der Waals surface area contributed by atoms with E-state index in [1.165, 1.54) is 6.92 Å². The Morgan fingerprint density at radius 2 is 1.92 bits per heavy atom. The molecular weight excluding hydrogens is 302 g/mol.